The molecule has 2 aliphatic heterocycles. The minimum atomic E-state index is -0.581. The summed E-state index contributed by atoms with van der Waals surface area (Å²) in [7, 11) is 0. The number of ketones is 1. The first-order valence-corrected chi connectivity index (χ1v) is 13.1. The summed E-state index contributed by atoms with van der Waals surface area (Å²) in [5, 5.41) is 0.640. The van der Waals surface area contributed by atoms with Gasteiger partial charge in [0.1, 0.15) is 5.82 Å². The molecule has 2 aliphatic rings. The molecule has 38 heavy (non-hydrogen) atoms. The molecule has 2 amide bonds. The average molecular weight is 521 g/mol. The van der Waals surface area contributed by atoms with Crippen molar-refractivity contribution in [3.8, 4) is 0 Å². The van der Waals surface area contributed by atoms with Gasteiger partial charge in [-0.3, -0.25) is 19.3 Å². The Kier molecular flexibility index (Phi) is 7.32. The van der Waals surface area contributed by atoms with Gasteiger partial charge in [0.05, 0.1) is 18.8 Å². The number of H-pyrrole nitrogens is 1. The fourth-order valence-corrected chi connectivity index (χ4v) is 5.45. The van der Waals surface area contributed by atoms with Gasteiger partial charge >= 0.3 is 0 Å². The Bertz CT molecular complexity index is 1360. The number of nitrogens with zero attached hydrogens (tertiary/aromatic N) is 3. The quantitative estimate of drug-likeness (QED) is 0.412. The molecular weight excluding hydrogens is 487 g/mol. The molecule has 0 aliphatic carbocycles. The number of aromatic nitrogens is 1. The lowest BCUT2D eigenvalue weighted by Crippen LogP contribution is -2.57. The van der Waals surface area contributed by atoms with Crippen LogP contribution in [0.15, 0.2) is 42.5 Å². The van der Waals surface area contributed by atoms with Gasteiger partial charge in [0, 0.05) is 67.0 Å². The SMILES string of the molecule is Cc1[nH]c2ccc(C(=O)C(=O)N3CCOCC3)cc2c1C(=O)N1C[C@H](C)N(Cc2ccc(F)cc2)C[C@H]1C. The van der Waals surface area contributed by atoms with E-state index in [2.05, 4.69) is 16.8 Å². The molecule has 3 aromatic rings. The van der Waals surface area contributed by atoms with Crippen LogP contribution in [0.25, 0.3) is 10.9 Å². The third-order valence-electron chi connectivity index (χ3n) is 7.63. The highest BCUT2D eigenvalue weighted by Crippen LogP contribution is 2.28. The summed E-state index contributed by atoms with van der Waals surface area (Å²) in [4.78, 5) is 48.6. The van der Waals surface area contributed by atoms with Gasteiger partial charge in [0.15, 0.2) is 0 Å². The van der Waals surface area contributed by atoms with Gasteiger partial charge in [-0.1, -0.05) is 12.1 Å². The summed E-state index contributed by atoms with van der Waals surface area (Å²) < 4.78 is 18.6. The zero-order valence-electron chi connectivity index (χ0n) is 22.0. The highest BCUT2D eigenvalue weighted by molar-refractivity contribution is 6.43. The molecule has 200 valence electrons. The Hall–Kier alpha value is -3.56. The number of fused-ring (bicyclic) bond motifs is 1. The number of morpholine rings is 1. The van der Waals surface area contributed by atoms with Gasteiger partial charge < -0.3 is 19.5 Å². The molecule has 5 rings (SSSR count). The highest BCUT2D eigenvalue weighted by Gasteiger charge is 2.34. The molecule has 0 bridgehead atoms. The number of rotatable bonds is 5. The second kappa shape index (κ2) is 10.7. The average Bonchev–Trinajstić information content (AvgIpc) is 3.25. The minimum absolute atomic E-state index is 0.0452. The molecule has 8 nitrogen and oxygen atoms in total. The van der Waals surface area contributed by atoms with Crippen molar-refractivity contribution < 1.29 is 23.5 Å². The first-order chi connectivity index (χ1) is 18.2. The van der Waals surface area contributed by atoms with Crippen molar-refractivity contribution >= 4 is 28.5 Å². The van der Waals surface area contributed by atoms with Gasteiger partial charge in [0.25, 0.3) is 11.8 Å². The van der Waals surface area contributed by atoms with Crippen molar-refractivity contribution in [3.63, 3.8) is 0 Å². The van der Waals surface area contributed by atoms with E-state index < -0.39 is 11.7 Å². The van der Waals surface area contributed by atoms with Crippen molar-refractivity contribution in [2.45, 2.75) is 39.4 Å². The molecule has 2 atom stereocenters. The van der Waals surface area contributed by atoms with Crippen molar-refractivity contribution in [1.82, 2.24) is 19.7 Å². The van der Waals surface area contributed by atoms with Crippen LogP contribution in [0, 0.1) is 12.7 Å². The second-order valence-electron chi connectivity index (χ2n) is 10.3. The van der Waals surface area contributed by atoms with Crippen LogP contribution in [0.2, 0.25) is 0 Å². The van der Waals surface area contributed by atoms with E-state index >= 15 is 0 Å². The standard InChI is InChI=1S/C29H33FN4O4/c1-18-16-34(19(2)15-33(18)17-21-4-7-23(30)8-5-21)28(36)26-20(3)31-25-9-6-22(14-24(25)26)27(35)29(37)32-10-12-38-13-11-32/h4-9,14,18-19,31H,10-13,15-17H2,1-3H3/t18-,19+/m0/s1. The lowest BCUT2D eigenvalue weighted by molar-refractivity contribution is -0.130. The Morgan fingerprint density at radius 1 is 1.00 bits per heavy atom. The van der Waals surface area contributed by atoms with E-state index in [1.54, 1.807) is 30.3 Å². The predicted molar refractivity (Wildman–Crippen MR) is 142 cm³/mol. The molecule has 3 heterocycles. The van der Waals surface area contributed by atoms with Crippen molar-refractivity contribution in [3.05, 3.63) is 70.7 Å². The topological polar surface area (TPSA) is 85.9 Å². The lowest BCUT2D eigenvalue weighted by Gasteiger charge is -2.44. The van der Waals surface area contributed by atoms with Crippen LogP contribution in [0.5, 0.6) is 0 Å². The summed E-state index contributed by atoms with van der Waals surface area (Å²) in [5.74, 6) is -1.48. The number of nitrogens with one attached hydrogen (secondary N) is 1. The van der Waals surface area contributed by atoms with Crippen molar-refractivity contribution in [1.29, 1.82) is 0 Å². The number of carbonyl (C=O) groups excluding carboxylic acids is 3. The molecule has 0 radical (unpaired) electrons. The van der Waals surface area contributed by atoms with E-state index in [-0.39, 0.29) is 29.4 Å². The number of hydrogen-bond donors (Lipinski definition) is 1. The van der Waals surface area contributed by atoms with E-state index in [1.165, 1.54) is 17.0 Å². The molecule has 0 saturated carbocycles. The number of carbonyl (C=O) groups is 3. The van der Waals surface area contributed by atoms with Crippen LogP contribution in [-0.4, -0.2) is 88.8 Å². The van der Waals surface area contributed by atoms with Crippen LogP contribution in [0.1, 0.15) is 45.8 Å². The fraction of sp³-hybridized carbons (Fsp3) is 0.414. The third-order valence-corrected chi connectivity index (χ3v) is 7.63. The number of aromatic amines is 1. The maximum atomic E-state index is 13.9. The number of aryl methyl sites for hydroxylation is 1. The smallest absolute Gasteiger partial charge is 0.295 e. The lowest BCUT2D eigenvalue weighted by atomic mass is 10.0. The highest BCUT2D eigenvalue weighted by atomic mass is 19.1. The van der Waals surface area contributed by atoms with Crippen LogP contribution in [-0.2, 0) is 16.1 Å². The number of piperazine rings is 1. The minimum Gasteiger partial charge on any atom is -0.378 e. The molecular formula is C29H33FN4O4. The molecule has 0 unspecified atom stereocenters. The van der Waals surface area contributed by atoms with Gasteiger partial charge in [-0.2, -0.15) is 0 Å². The first kappa shape index (κ1) is 26.1. The summed E-state index contributed by atoms with van der Waals surface area (Å²) in [6, 6.07) is 11.6. The zero-order chi connectivity index (χ0) is 27.0. The zero-order valence-corrected chi connectivity index (χ0v) is 22.0. The monoisotopic (exact) mass is 520 g/mol. The fourth-order valence-electron chi connectivity index (χ4n) is 5.45. The van der Waals surface area contributed by atoms with E-state index in [1.807, 2.05) is 18.7 Å². The molecule has 2 saturated heterocycles. The van der Waals surface area contributed by atoms with Gasteiger partial charge in [0.2, 0.25) is 5.78 Å². The molecule has 2 fully saturated rings. The Morgan fingerprint density at radius 3 is 2.42 bits per heavy atom. The predicted octanol–water partition coefficient (Wildman–Crippen LogP) is 3.39. The summed E-state index contributed by atoms with van der Waals surface area (Å²) in [5.41, 5.74) is 3.30. The Morgan fingerprint density at radius 2 is 1.71 bits per heavy atom. The number of Topliss-reactive ketones (excluding diaryl/α,β-unsaturated/α-hetero) is 1. The third kappa shape index (κ3) is 5.08. The molecule has 0 spiro atoms. The number of hydrogen-bond acceptors (Lipinski definition) is 5. The van der Waals surface area contributed by atoms with Gasteiger partial charge in [-0.05, 0) is 56.7 Å². The number of benzene rings is 2. The summed E-state index contributed by atoms with van der Waals surface area (Å²) in [6.07, 6.45) is 0. The summed E-state index contributed by atoms with van der Waals surface area (Å²) in [6.45, 7) is 9.50. The molecule has 1 aromatic heterocycles. The normalized spacial score (nSPS) is 20.6. The van der Waals surface area contributed by atoms with E-state index in [0.29, 0.717) is 56.9 Å². The largest absolute Gasteiger partial charge is 0.378 e. The maximum Gasteiger partial charge on any atom is 0.295 e. The molecule has 2 aromatic carbocycles. The Labute approximate surface area is 221 Å². The first-order valence-electron chi connectivity index (χ1n) is 13.1. The number of ether oxygens (including phenoxy) is 1. The van der Waals surface area contributed by atoms with E-state index in [0.717, 1.165) is 16.8 Å². The van der Waals surface area contributed by atoms with Gasteiger partial charge in [-0.15, -0.1) is 0 Å². The van der Waals surface area contributed by atoms with Crippen LogP contribution in [0.4, 0.5) is 4.39 Å². The van der Waals surface area contributed by atoms with Crippen molar-refractivity contribution in [2.24, 2.45) is 0 Å². The van der Waals surface area contributed by atoms with Crippen LogP contribution < -0.4 is 0 Å². The maximum absolute atomic E-state index is 13.9. The molecule has 1 N–H and O–H groups in total. The Balaban J connectivity index is 1.36. The van der Waals surface area contributed by atoms with Crippen molar-refractivity contribution in [2.75, 3.05) is 39.4 Å². The van der Waals surface area contributed by atoms with E-state index in [9.17, 15) is 18.8 Å². The van der Waals surface area contributed by atoms with Crippen LogP contribution >= 0.6 is 0 Å². The van der Waals surface area contributed by atoms with E-state index in [4.69, 9.17) is 4.74 Å². The van der Waals surface area contributed by atoms with Crippen LogP contribution in [0.3, 0.4) is 0 Å². The van der Waals surface area contributed by atoms with Gasteiger partial charge in [-0.25, -0.2) is 4.39 Å². The second-order valence-corrected chi connectivity index (χ2v) is 10.3. The number of halogens is 1. The molecule has 9 heteroatoms. The summed E-state index contributed by atoms with van der Waals surface area (Å²) >= 11 is 0. The number of amides is 2.